The maximum atomic E-state index is 12.8. The van der Waals surface area contributed by atoms with E-state index in [1.54, 1.807) is 13.8 Å². The number of alkyl halides is 3. The number of nitro groups is 2. The van der Waals surface area contributed by atoms with Crippen molar-refractivity contribution < 1.29 is 23.0 Å². The first kappa shape index (κ1) is 18.7. The van der Waals surface area contributed by atoms with E-state index >= 15 is 0 Å². The Bertz CT molecular complexity index is 564. The molecule has 0 amide bonds. The molecule has 0 fully saturated rings. The van der Waals surface area contributed by atoms with Gasteiger partial charge in [0.1, 0.15) is 0 Å². The van der Waals surface area contributed by atoms with Gasteiger partial charge in [0, 0.05) is 25.2 Å². The molecule has 0 saturated heterocycles. The number of nitrogens with zero attached hydrogens (tertiary/aromatic N) is 3. The van der Waals surface area contributed by atoms with Crippen molar-refractivity contribution in [2.45, 2.75) is 32.9 Å². The van der Waals surface area contributed by atoms with Crippen LogP contribution in [-0.2, 0) is 6.18 Å². The smallest absolute Gasteiger partial charge is 0.360 e. The normalized spacial score (nSPS) is 11.3. The maximum absolute atomic E-state index is 12.8. The molecule has 1 rings (SSSR count). The number of anilines is 1. The van der Waals surface area contributed by atoms with E-state index in [1.807, 2.05) is 0 Å². The van der Waals surface area contributed by atoms with Crippen LogP contribution in [0.4, 0.5) is 30.2 Å². The van der Waals surface area contributed by atoms with Crippen molar-refractivity contribution in [3.8, 4) is 0 Å². The van der Waals surface area contributed by atoms with E-state index in [9.17, 15) is 33.4 Å². The first-order valence-electron chi connectivity index (χ1n) is 6.92. The molecule has 0 heterocycles. The fraction of sp³-hybridized carbons (Fsp3) is 0.538. The van der Waals surface area contributed by atoms with Crippen molar-refractivity contribution in [2.24, 2.45) is 0 Å². The van der Waals surface area contributed by atoms with Crippen LogP contribution < -0.4 is 4.90 Å². The Kier molecular flexibility index (Phi) is 5.88. The average Bonchev–Trinajstić information content (AvgIpc) is 2.44. The minimum atomic E-state index is -4.91. The van der Waals surface area contributed by atoms with Crippen molar-refractivity contribution in [1.29, 1.82) is 0 Å². The highest BCUT2D eigenvalue weighted by molar-refractivity contribution is 5.76. The summed E-state index contributed by atoms with van der Waals surface area (Å²) in [6, 6.07) is 0.696. The van der Waals surface area contributed by atoms with Gasteiger partial charge in [0.2, 0.25) is 0 Å². The zero-order chi connectivity index (χ0) is 17.8. The Balaban J connectivity index is 3.70. The minimum absolute atomic E-state index is 0.265. The van der Waals surface area contributed by atoms with Crippen LogP contribution in [-0.4, -0.2) is 22.9 Å². The number of hydrogen-bond acceptors (Lipinski definition) is 5. The molecule has 0 spiro atoms. The Morgan fingerprint density at radius 3 is 1.65 bits per heavy atom. The molecule has 0 N–H and O–H groups in total. The molecule has 0 unspecified atom stereocenters. The van der Waals surface area contributed by atoms with Crippen molar-refractivity contribution in [1.82, 2.24) is 0 Å². The van der Waals surface area contributed by atoms with Gasteiger partial charge >= 0.3 is 6.18 Å². The number of nitro benzene ring substituents is 2. The highest BCUT2D eigenvalue weighted by Crippen LogP contribution is 2.43. The van der Waals surface area contributed by atoms with Crippen LogP contribution in [0, 0.1) is 20.2 Å². The summed E-state index contributed by atoms with van der Waals surface area (Å²) in [7, 11) is 0. The van der Waals surface area contributed by atoms with Gasteiger partial charge in [0.15, 0.2) is 5.69 Å². The van der Waals surface area contributed by atoms with E-state index in [0.717, 1.165) is 0 Å². The first-order chi connectivity index (χ1) is 10.6. The van der Waals surface area contributed by atoms with Crippen LogP contribution in [0.25, 0.3) is 0 Å². The summed E-state index contributed by atoms with van der Waals surface area (Å²) in [5.74, 6) is 0. The highest BCUT2D eigenvalue weighted by Gasteiger charge is 2.38. The monoisotopic (exact) mass is 338 g/mol. The number of halogens is 3. The second-order valence-corrected chi connectivity index (χ2v) is 4.86. The third-order valence-electron chi connectivity index (χ3n) is 3.09. The summed E-state index contributed by atoms with van der Waals surface area (Å²) in [6.07, 6.45) is -3.83. The highest BCUT2D eigenvalue weighted by atomic mass is 19.4. The lowest BCUT2D eigenvalue weighted by Gasteiger charge is -2.23. The first-order valence-corrected chi connectivity index (χ1v) is 6.92. The summed E-state index contributed by atoms with van der Waals surface area (Å²) in [5, 5.41) is 22.4. The second-order valence-electron chi connectivity index (χ2n) is 4.86. The molecule has 7 nitrogen and oxygen atoms in total. The molecule has 0 radical (unpaired) electrons. The maximum Gasteiger partial charge on any atom is 0.416 e. The van der Waals surface area contributed by atoms with E-state index in [1.165, 1.54) is 4.90 Å². The zero-order valence-electron chi connectivity index (χ0n) is 12.6. The SMILES string of the molecule is CCCN([13CH2][13CH2][13CH3])c1c([N+](=O)[O-])cc(C(F)(F)F)cc1[N+](=O)[O-]. The fourth-order valence-corrected chi connectivity index (χ4v) is 2.25. The molecule has 23 heavy (non-hydrogen) atoms. The van der Waals surface area contributed by atoms with Crippen LogP contribution in [0.3, 0.4) is 0 Å². The van der Waals surface area contributed by atoms with Gasteiger partial charge in [-0.25, -0.2) is 0 Å². The van der Waals surface area contributed by atoms with Gasteiger partial charge in [-0.05, 0) is 12.8 Å². The van der Waals surface area contributed by atoms with Crippen molar-refractivity contribution in [3.05, 3.63) is 37.9 Å². The van der Waals surface area contributed by atoms with Gasteiger partial charge in [-0.1, -0.05) is 13.8 Å². The fourth-order valence-electron chi connectivity index (χ4n) is 2.25. The molecule has 0 aromatic heterocycles. The standard InChI is InChI=1S/C13H16F3N3O4/c1-3-5-17(6-4-2)12-10(18(20)21)7-9(13(14,15)16)8-11(12)19(22)23/h7-8H,3-6H2,1-2H3/i1+1,3+1,5+1. The third kappa shape index (κ3) is 4.30. The molecule has 0 aliphatic carbocycles. The molecular weight excluding hydrogens is 322 g/mol. The summed E-state index contributed by atoms with van der Waals surface area (Å²) < 4.78 is 38.5. The molecule has 0 saturated carbocycles. The largest absolute Gasteiger partial charge is 0.416 e. The minimum Gasteiger partial charge on any atom is -0.360 e. The summed E-state index contributed by atoms with van der Waals surface area (Å²) in [5.41, 5.74) is -3.61. The Morgan fingerprint density at radius 2 is 1.39 bits per heavy atom. The third-order valence-corrected chi connectivity index (χ3v) is 3.09. The second kappa shape index (κ2) is 7.25. The molecule has 128 valence electrons. The van der Waals surface area contributed by atoms with Crippen LogP contribution in [0.1, 0.15) is 32.3 Å². The van der Waals surface area contributed by atoms with E-state index in [-0.39, 0.29) is 18.8 Å². The lowest BCUT2D eigenvalue weighted by Crippen LogP contribution is -2.27. The van der Waals surface area contributed by atoms with E-state index in [4.69, 9.17) is 0 Å². The van der Waals surface area contributed by atoms with Crippen LogP contribution in [0.5, 0.6) is 0 Å². The van der Waals surface area contributed by atoms with Gasteiger partial charge in [-0.2, -0.15) is 13.2 Å². The van der Waals surface area contributed by atoms with E-state index < -0.39 is 33.0 Å². The molecule has 1 aromatic rings. The predicted octanol–water partition coefficient (Wildman–Crippen LogP) is 4.15. The number of rotatable bonds is 7. The molecule has 0 aliphatic heterocycles. The van der Waals surface area contributed by atoms with Crippen LogP contribution >= 0.6 is 0 Å². The molecule has 1 aromatic carbocycles. The summed E-state index contributed by atoms with van der Waals surface area (Å²) in [4.78, 5) is 21.7. The molecule has 0 atom stereocenters. The molecule has 0 bridgehead atoms. The van der Waals surface area contributed by atoms with E-state index in [2.05, 4.69) is 0 Å². The lowest BCUT2D eigenvalue weighted by molar-refractivity contribution is -0.393. The van der Waals surface area contributed by atoms with Crippen LogP contribution in [0.15, 0.2) is 12.1 Å². The van der Waals surface area contributed by atoms with Gasteiger partial charge in [0.05, 0.1) is 15.4 Å². The lowest BCUT2D eigenvalue weighted by atomic mass is 10.1. The molecule has 10 heteroatoms. The molecule has 0 aliphatic rings. The average molecular weight is 338 g/mol. The Hall–Kier alpha value is -2.39. The summed E-state index contributed by atoms with van der Waals surface area (Å²) >= 11 is 0. The molecular formula is C13H16F3N3O4. The van der Waals surface area contributed by atoms with Crippen molar-refractivity contribution in [2.75, 3.05) is 18.0 Å². The van der Waals surface area contributed by atoms with Crippen molar-refractivity contribution >= 4 is 17.1 Å². The topological polar surface area (TPSA) is 89.5 Å². The van der Waals surface area contributed by atoms with Gasteiger partial charge in [-0.3, -0.25) is 20.2 Å². The number of hydrogen-bond donors (Lipinski definition) is 0. The van der Waals surface area contributed by atoms with Gasteiger partial charge in [0.25, 0.3) is 11.4 Å². The zero-order valence-corrected chi connectivity index (χ0v) is 12.6. The Morgan fingerprint density at radius 1 is 1.00 bits per heavy atom. The predicted molar refractivity (Wildman–Crippen MR) is 77.5 cm³/mol. The van der Waals surface area contributed by atoms with Crippen molar-refractivity contribution in [3.63, 3.8) is 0 Å². The van der Waals surface area contributed by atoms with E-state index in [0.29, 0.717) is 25.0 Å². The Labute approximate surface area is 130 Å². The van der Waals surface area contributed by atoms with Crippen LogP contribution in [0.2, 0.25) is 0 Å². The summed E-state index contributed by atoms with van der Waals surface area (Å²) in [6.45, 7) is 4.07. The quantitative estimate of drug-likeness (QED) is 0.423. The van der Waals surface area contributed by atoms with Gasteiger partial charge < -0.3 is 4.90 Å². The van der Waals surface area contributed by atoms with Gasteiger partial charge in [-0.15, -0.1) is 0 Å². The number of benzene rings is 1.